The van der Waals surface area contributed by atoms with Crippen LogP contribution in [0.15, 0.2) is 60.2 Å². The van der Waals surface area contributed by atoms with Crippen LogP contribution in [0.2, 0.25) is 39.3 Å². The first-order chi connectivity index (χ1) is 14.9. The lowest BCUT2D eigenvalue weighted by Gasteiger charge is -2.31. The number of hydrogen-bond donors (Lipinski definition) is 0. The molecule has 0 fully saturated rings. The molecular formula is C24H31NO5Si2. The molecule has 2 aromatic rings. The van der Waals surface area contributed by atoms with Crippen molar-refractivity contribution in [1.82, 2.24) is 4.90 Å². The maximum absolute atomic E-state index is 13.3. The van der Waals surface area contributed by atoms with Crippen LogP contribution in [-0.2, 0) is 15.3 Å². The monoisotopic (exact) mass is 469 g/mol. The number of allylic oxidation sites excluding steroid dienone is 1. The summed E-state index contributed by atoms with van der Waals surface area (Å²) in [6.45, 7) is 12.3. The van der Waals surface area contributed by atoms with Crippen LogP contribution >= 0.6 is 0 Å². The van der Waals surface area contributed by atoms with E-state index in [2.05, 4.69) is 0 Å². The summed E-state index contributed by atoms with van der Waals surface area (Å²) in [5.74, 6) is 0.306. The van der Waals surface area contributed by atoms with E-state index in [9.17, 15) is 9.59 Å². The molecule has 0 aliphatic carbocycles. The molecule has 8 heteroatoms. The van der Waals surface area contributed by atoms with Crippen LogP contribution < -0.4 is 4.74 Å². The first kappa shape index (κ1) is 23.8. The smallest absolute Gasteiger partial charge is 0.272 e. The first-order valence-electron chi connectivity index (χ1n) is 10.6. The van der Waals surface area contributed by atoms with Crippen molar-refractivity contribution in [3.05, 3.63) is 76.9 Å². The Bertz CT molecular complexity index is 996. The molecule has 0 saturated carbocycles. The summed E-state index contributed by atoms with van der Waals surface area (Å²) in [5, 5.41) is 0. The summed E-state index contributed by atoms with van der Waals surface area (Å²) < 4.78 is 18.0. The van der Waals surface area contributed by atoms with Crippen LogP contribution in [0.1, 0.15) is 26.3 Å². The molecule has 32 heavy (non-hydrogen) atoms. The van der Waals surface area contributed by atoms with E-state index in [1.54, 1.807) is 31.4 Å². The molecule has 2 amide bonds. The predicted octanol–water partition coefficient (Wildman–Crippen LogP) is 5.41. The Hall–Kier alpha value is -2.85. The SMILES string of the molecule is COc1ccc(CC(=C(O[Si](C)(C)C)O[Si](C)(C)C)N2C(=O)c3ccccc3C2=O)cc1. The van der Waals surface area contributed by atoms with Crippen LogP contribution in [0.25, 0.3) is 0 Å². The van der Waals surface area contributed by atoms with Crippen LogP contribution in [0.3, 0.4) is 0 Å². The summed E-state index contributed by atoms with van der Waals surface area (Å²) in [4.78, 5) is 27.9. The minimum Gasteiger partial charge on any atom is -0.519 e. The van der Waals surface area contributed by atoms with E-state index in [-0.39, 0.29) is 17.8 Å². The van der Waals surface area contributed by atoms with E-state index in [0.29, 0.717) is 23.2 Å². The summed E-state index contributed by atoms with van der Waals surface area (Å²) in [5.41, 5.74) is 2.13. The third-order valence-electron chi connectivity index (χ3n) is 4.63. The van der Waals surface area contributed by atoms with Gasteiger partial charge in [-0.05, 0) is 69.1 Å². The number of rotatable bonds is 8. The number of amides is 2. The van der Waals surface area contributed by atoms with Gasteiger partial charge in [-0.3, -0.25) is 9.59 Å². The molecule has 0 radical (unpaired) electrons. The van der Waals surface area contributed by atoms with Crippen molar-refractivity contribution < 1.29 is 23.2 Å². The van der Waals surface area contributed by atoms with Crippen molar-refractivity contribution in [2.24, 2.45) is 0 Å². The lowest BCUT2D eigenvalue weighted by Crippen LogP contribution is -2.37. The summed E-state index contributed by atoms with van der Waals surface area (Å²) in [6, 6.07) is 14.4. The topological polar surface area (TPSA) is 65.1 Å². The van der Waals surface area contributed by atoms with Gasteiger partial charge in [0.1, 0.15) is 11.4 Å². The average molecular weight is 470 g/mol. The quantitative estimate of drug-likeness (QED) is 0.294. The standard InChI is InChI=1S/C24H31NO5Si2/c1-28-18-14-12-17(13-15-18)16-21(24(29-31(2,3)4)30-32(5,6)7)25-22(26)19-10-8-9-11-20(19)23(25)27/h8-15H,16H2,1-7H3. The Morgan fingerprint density at radius 1 is 0.781 bits per heavy atom. The van der Waals surface area contributed by atoms with Crippen molar-refractivity contribution >= 4 is 28.4 Å². The molecule has 0 saturated heterocycles. The maximum Gasteiger partial charge on any atom is 0.272 e. The zero-order valence-corrected chi connectivity index (χ0v) is 21.8. The van der Waals surface area contributed by atoms with Gasteiger partial charge in [0.15, 0.2) is 0 Å². The van der Waals surface area contributed by atoms with E-state index < -0.39 is 16.6 Å². The van der Waals surface area contributed by atoms with Gasteiger partial charge >= 0.3 is 0 Å². The van der Waals surface area contributed by atoms with Gasteiger partial charge in [-0.25, -0.2) is 4.90 Å². The summed E-state index contributed by atoms with van der Waals surface area (Å²) >= 11 is 0. The highest BCUT2D eigenvalue weighted by Gasteiger charge is 2.41. The Balaban J connectivity index is 2.16. The second-order valence-corrected chi connectivity index (χ2v) is 18.5. The number of benzene rings is 2. The fourth-order valence-corrected chi connectivity index (χ4v) is 4.82. The minimum absolute atomic E-state index is 0.286. The molecule has 3 rings (SSSR count). The Morgan fingerprint density at radius 3 is 1.66 bits per heavy atom. The van der Waals surface area contributed by atoms with E-state index in [4.69, 9.17) is 13.6 Å². The Labute approximate surface area is 192 Å². The third kappa shape index (κ3) is 5.49. The molecule has 0 bridgehead atoms. The second kappa shape index (κ2) is 8.95. The van der Waals surface area contributed by atoms with Gasteiger partial charge in [-0.2, -0.15) is 0 Å². The first-order valence-corrected chi connectivity index (χ1v) is 17.4. The number of carbonyl (C=O) groups excluding carboxylic acids is 2. The average Bonchev–Trinajstić information content (AvgIpc) is 2.95. The fourth-order valence-electron chi connectivity index (χ4n) is 3.31. The summed E-state index contributed by atoms with van der Waals surface area (Å²) in [6.07, 6.45) is 0.305. The van der Waals surface area contributed by atoms with Crippen molar-refractivity contribution in [3.63, 3.8) is 0 Å². The van der Waals surface area contributed by atoms with Gasteiger partial charge in [-0.1, -0.05) is 24.3 Å². The molecule has 0 spiro atoms. The number of hydrogen-bond acceptors (Lipinski definition) is 5. The molecule has 1 heterocycles. The molecular weight excluding hydrogens is 438 g/mol. The van der Waals surface area contributed by atoms with Gasteiger partial charge in [0.25, 0.3) is 17.8 Å². The van der Waals surface area contributed by atoms with Crippen LogP contribution in [0.4, 0.5) is 0 Å². The third-order valence-corrected chi connectivity index (χ3v) is 6.22. The van der Waals surface area contributed by atoms with E-state index in [1.807, 2.05) is 63.5 Å². The van der Waals surface area contributed by atoms with E-state index in [1.165, 1.54) is 4.90 Å². The maximum atomic E-state index is 13.3. The molecule has 0 unspecified atom stereocenters. The predicted molar refractivity (Wildman–Crippen MR) is 130 cm³/mol. The lowest BCUT2D eigenvalue weighted by molar-refractivity contribution is 0.0674. The molecule has 170 valence electrons. The number of methoxy groups -OCH3 is 1. The molecule has 6 nitrogen and oxygen atoms in total. The Morgan fingerprint density at radius 2 is 1.25 bits per heavy atom. The second-order valence-electron chi connectivity index (χ2n) is 9.68. The number of carbonyl (C=O) groups is 2. The molecule has 0 atom stereocenters. The zero-order chi connectivity index (χ0) is 23.7. The number of fused-ring (bicyclic) bond motifs is 1. The van der Waals surface area contributed by atoms with Crippen molar-refractivity contribution in [2.45, 2.75) is 45.7 Å². The molecule has 1 aliphatic heterocycles. The van der Waals surface area contributed by atoms with Gasteiger partial charge in [-0.15, -0.1) is 0 Å². The minimum atomic E-state index is -2.12. The normalized spacial score (nSPS) is 13.7. The molecule has 0 aromatic heterocycles. The van der Waals surface area contributed by atoms with Crippen molar-refractivity contribution in [2.75, 3.05) is 7.11 Å². The van der Waals surface area contributed by atoms with Gasteiger partial charge in [0.05, 0.1) is 18.2 Å². The van der Waals surface area contributed by atoms with Crippen molar-refractivity contribution in [1.29, 1.82) is 0 Å². The molecule has 1 aliphatic rings. The largest absolute Gasteiger partial charge is 0.519 e. The van der Waals surface area contributed by atoms with Crippen LogP contribution in [-0.4, -0.2) is 40.5 Å². The van der Waals surface area contributed by atoms with Crippen LogP contribution in [0.5, 0.6) is 5.75 Å². The number of ether oxygens (including phenoxy) is 1. The van der Waals surface area contributed by atoms with E-state index >= 15 is 0 Å². The number of imide groups is 1. The number of nitrogens with zero attached hydrogens (tertiary/aromatic N) is 1. The van der Waals surface area contributed by atoms with Gasteiger partial charge in [0.2, 0.25) is 16.6 Å². The highest BCUT2D eigenvalue weighted by Crippen LogP contribution is 2.32. The van der Waals surface area contributed by atoms with Crippen LogP contribution in [0, 0.1) is 0 Å². The zero-order valence-electron chi connectivity index (χ0n) is 19.8. The molecule has 2 aromatic carbocycles. The van der Waals surface area contributed by atoms with Crippen molar-refractivity contribution in [3.8, 4) is 5.75 Å². The fraction of sp³-hybridized carbons (Fsp3) is 0.333. The summed E-state index contributed by atoms with van der Waals surface area (Å²) in [7, 11) is -2.63. The van der Waals surface area contributed by atoms with Gasteiger partial charge < -0.3 is 13.6 Å². The lowest BCUT2D eigenvalue weighted by atomic mass is 10.1. The highest BCUT2D eigenvalue weighted by atomic mass is 28.4. The van der Waals surface area contributed by atoms with E-state index in [0.717, 1.165) is 11.3 Å². The highest BCUT2D eigenvalue weighted by molar-refractivity contribution is 6.71. The molecule has 0 N–H and O–H groups in total. The Kier molecular flexibility index (Phi) is 6.66. The van der Waals surface area contributed by atoms with Gasteiger partial charge in [0, 0.05) is 6.42 Å².